The molecule has 0 atom stereocenters. The lowest BCUT2D eigenvalue weighted by Crippen LogP contribution is -2.33. The summed E-state index contributed by atoms with van der Waals surface area (Å²) in [6.45, 7) is 4.01. The van der Waals surface area contributed by atoms with Crippen molar-refractivity contribution in [3.05, 3.63) is 41.9 Å². The van der Waals surface area contributed by atoms with Crippen LogP contribution >= 0.6 is 0 Å². The first kappa shape index (κ1) is 18.8. The van der Waals surface area contributed by atoms with Gasteiger partial charge in [-0.25, -0.2) is 4.79 Å². The average molecular weight is 374 g/mol. The molecule has 1 aliphatic heterocycles. The molecule has 144 valence electrons. The van der Waals surface area contributed by atoms with Gasteiger partial charge in [-0.15, -0.1) is 0 Å². The van der Waals surface area contributed by atoms with Crippen molar-refractivity contribution in [2.24, 2.45) is 0 Å². The molecule has 1 N–H and O–H groups in total. The Morgan fingerprint density at radius 2 is 1.96 bits per heavy atom. The van der Waals surface area contributed by atoms with E-state index < -0.39 is 5.97 Å². The van der Waals surface area contributed by atoms with Crippen LogP contribution in [0.25, 0.3) is 0 Å². The summed E-state index contributed by atoms with van der Waals surface area (Å²) in [6.07, 6.45) is 1.44. The van der Waals surface area contributed by atoms with Gasteiger partial charge in [0.15, 0.2) is 11.5 Å². The Balaban J connectivity index is 1.60. The minimum absolute atomic E-state index is 0.145. The summed E-state index contributed by atoms with van der Waals surface area (Å²) in [7, 11) is 1.32. The Morgan fingerprint density at radius 3 is 2.70 bits per heavy atom. The topological polar surface area (TPSA) is 90.2 Å². The Bertz CT molecular complexity index is 816. The number of hydrogen-bond acceptors (Lipinski definition) is 7. The lowest BCUT2D eigenvalue weighted by molar-refractivity contribution is -0.117. The summed E-state index contributed by atoms with van der Waals surface area (Å²) in [4.78, 5) is 26.0. The number of fused-ring (bicyclic) bond motifs is 1. The first-order valence-electron chi connectivity index (χ1n) is 8.67. The SMILES string of the molecule is CCN(CC(=O)Nc1ccc2c(c1)OCCO2)Cc1occc1C(=O)OC. The van der Waals surface area contributed by atoms with Gasteiger partial charge < -0.3 is 23.9 Å². The van der Waals surface area contributed by atoms with Gasteiger partial charge in [-0.2, -0.15) is 0 Å². The number of likely N-dealkylation sites (N-methyl/N-ethyl adjacent to an activating group) is 1. The molecule has 2 heterocycles. The number of carbonyl (C=O) groups is 2. The summed E-state index contributed by atoms with van der Waals surface area (Å²) < 4.78 is 21.1. The highest BCUT2D eigenvalue weighted by molar-refractivity contribution is 5.93. The standard InChI is InChI=1S/C19H22N2O6/c1-3-21(11-17-14(6-7-25-17)19(23)24-2)12-18(22)20-13-4-5-15-16(10-13)27-9-8-26-15/h4-7,10H,3,8-9,11-12H2,1-2H3,(H,20,22). The van der Waals surface area contributed by atoms with Crippen LogP contribution in [0.2, 0.25) is 0 Å². The molecule has 0 fully saturated rings. The van der Waals surface area contributed by atoms with Crippen LogP contribution in [0.15, 0.2) is 34.9 Å². The molecular weight excluding hydrogens is 352 g/mol. The second-order valence-electron chi connectivity index (χ2n) is 5.96. The van der Waals surface area contributed by atoms with Crippen molar-refractivity contribution >= 4 is 17.6 Å². The van der Waals surface area contributed by atoms with Crippen LogP contribution in [0.1, 0.15) is 23.0 Å². The smallest absolute Gasteiger partial charge is 0.341 e. The highest BCUT2D eigenvalue weighted by atomic mass is 16.6. The van der Waals surface area contributed by atoms with Gasteiger partial charge in [0.1, 0.15) is 24.5 Å². The van der Waals surface area contributed by atoms with Crippen LogP contribution in [0.4, 0.5) is 5.69 Å². The van der Waals surface area contributed by atoms with Crippen LogP contribution < -0.4 is 14.8 Å². The molecule has 1 aromatic heterocycles. The van der Waals surface area contributed by atoms with Crippen molar-refractivity contribution in [2.75, 3.05) is 38.7 Å². The molecule has 0 bridgehead atoms. The average Bonchev–Trinajstić information content (AvgIpc) is 3.14. The van der Waals surface area contributed by atoms with Gasteiger partial charge >= 0.3 is 5.97 Å². The molecule has 0 unspecified atom stereocenters. The fraction of sp³-hybridized carbons (Fsp3) is 0.368. The molecule has 1 amide bonds. The highest BCUT2D eigenvalue weighted by Gasteiger charge is 2.19. The number of carbonyl (C=O) groups excluding carboxylic acids is 2. The normalized spacial score (nSPS) is 12.7. The summed E-state index contributed by atoms with van der Waals surface area (Å²) in [6, 6.07) is 6.84. The van der Waals surface area contributed by atoms with Crippen LogP contribution in [-0.4, -0.2) is 50.2 Å². The Hall–Kier alpha value is -3.00. The van der Waals surface area contributed by atoms with Crippen molar-refractivity contribution in [1.29, 1.82) is 0 Å². The van der Waals surface area contributed by atoms with E-state index in [0.717, 1.165) is 0 Å². The van der Waals surface area contributed by atoms with Gasteiger partial charge in [0.05, 0.1) is 26.5 Å². The molecule has 0 saturated heterocycles. The molecule has 8 nitrogen and oxygen atoms in total. The first-order chi connectivity index (χ1) is 13.1. The fourth-order valence-electron chi connectivity index (χ4n) is 2.76. The van der Waals surface area contributed by atoms with Crippen molar-refractivity contribution in [3.63, 3.8) is 0 Å². The number of ether oxygens (including phenoxy) is 3. The van der Waals surface area contributed by atoms with E-state index in [1.807, 2.05) is 11.8 Å². The molecule has 8 heteroatoms. The lowest BCUT2D eigenvalue weighted by Gasteiger charge is -2.20. The minimum atomic E-state index is -0.462. The summed E-state index contributed by atoms with van der Waals surface area (Å²) in [5.41, 5.74) is 0.997. The largest absolute Gasteiger partial charge is 0.486 e. The number of nitrogens with zero attached hydrogens (tertiary/aromatic N) is 1. The molecule has 0 aliphatic carbocycles. The Morgan fingerprint density at radius 1 is 1.19 bits per heavy atom. The van der Waals surface area contributed by atoms with Gasteiger partial charge in [0.25, 0.3) is 0 Å². The first-order valence-corrected chi connectivity index (χ1v) is 8.67. The highest BCUT2D eigenvalue weighted by Crippen LogP contribution is 2.32. The zero-order valence-electron chi connectivity index (χ0n) is 15.3. The van der Waals surface area contributed by atoms with Crippen molar-refractivity contribution < 1.29 is 28.2 Å². The van der Waals surface area contributed by atoms with Gasteiger partial charge in [0, 0.05) is 11.8 Å². The summed E-state index contributed by atoms with van der Waals surface area (Å²) in [5, 5.41) is 2.85. The molecular formula is C19H22N2O6. The van der Waals surface area contributed by atoms with Gasteiger partial charge in [-0.05, 0) is 24.7 Å². The molecule has 0 saturated carbocycles. The number of methoxy groups -OCH3 is 1. The zero-order chi connectivity index (χ0) is 19.2. The molecule has 1 aliphatic rings. The van der Waals surface area contributed by atoms with E-state index in [9.17, 15) is 9.59 Å². The number of anilines is 1. The number of benzene rings is 1. The van der Waals surface area contributed by atoms with Crippen LogP contribution in [0.5, 0.6) is 11.5 Å². The number of rotatable bonds is 7. The van der Waals surface area contributed by atoms with E-state index in [2.05, 4.69) is 5.32 Å². The minimum Gasteiger partial charge on any atom is -0.486 e. The summed E-state index contributed by atoms with van der Waals surface area (Å²) >= 11 is 0. The molecule has 27 heavy (non-hydrogen) atoms. The third-order valence-corrected chi connectivity index (χ3v) is 4.16. The quantitative estimate of drug-likeness (QED) is 0.744. The molecule has 0 spiro atoms. The number of nitrogens with one attached hydrogen (secondary N) is 1. The third-order valence-electron chi connectivity index (χ3n) is 4.16. The second-order valence-corrected chi connectivity index (χ2v) is 5.96. The third kappa shape index (κ3) is 4.59. The van der Waals surface area contributed by atoms with Crippen LogP contribution in [0.3, 0.4) is 0 Å². The maximum atomic E-state index is 12.4. The van der Waals surface area contributed by atoms with E-state index in [-0.39, 0.29) is 12.5 Å². The Kier molecular flexibility index (Phi) is 5.97. The maximum Gasteiger partial charge on any atom is 0.341 e. The van der Waals surface area contributed by atoms with Gasteiger partial charge in [-0.3, -0.25) is 9.69 Å². The summed E-state index contributed by atoms with van der Waals surface area (Å²) in [5.74, 6) is 1.11. The number of hydrogen-bond donors (Lipinski definition) is 1. The zero-order valence-corrected chi connectivity index (χ0v) is 15.3. The van der Waals surface area contributed by atoms with E-state index in [1.54, 1.807) is 24.3 Å². The van der Waals surface area contributed by atoms with E-state index in [1.165, 1.54) is 13.4 Å². The second kappa shape index (κ2) is 8.59. The van der Waals surface area contributed by atoms with Gasteiger partial charge in [-0.1, -0.05) is 6.92 Å². The van der Waals surface area contributed by atoms with E-state index in [0.29, 0.717) is 54.8 Å². The van der Waals surface area contributed by atoms with Crippen LogP contribution in [-0.2, 0) is 16.1 Å². The van der Waals surface area contributed by atoms with E-state index >= 15 is 0 Å². The number of furan rings is 1. The number of esters is 1. The molecule has 0 radical (unpaired) electrons. The van der Waals surface area contributed by atoms with Crippen molar-refractivity contribution in [3.8, 4) is 11.5 Å². The predicted octanol–water partition coefficient (Wildman–Crippen LogP) is 2.30. The monoisotopic (exact) mass is 374 g/mol. The molecule has 2 aromatic rings. The Labute approximate surface area is 157 Å². The fourth-order valence-corrected chi connectivity index (χ4v) is 2.76. The maximum absolute atomic E-state index is 12.4. The lowest BCUT2D eigenvalue weighted by atomic mass is 10.2. The van der Waals surface area contributed by atoms with Gasteiger partial charge in [0.2, 0.25) is 5.91 Å². The van der Waals surface area contributed by atoms with Crippen LogP contribution in [0, 0.1) is 0 Å². The number of amides is 1. The predicted molar refractivity (Wildman–Crippen MR) is 97.1 cm³/mol. The van der Waals surface area contributed by atoms with Crippen molar-refractivity contribution in [2.45, 2.75) is 13.5 Å². The molecule has 3 rings (SSSR count). The van der Waals surface area contributed by atoms with Crippen molar-refractivity contribution in [1.82, 2.24) is 4.90 Å². The van der Waals surface area contributed by atoms with E-state index in [4.69, 9.17) is 18.6 Å². The molecule has 1 aromatic carbocycles.